The van der Waals surface area contributed by atoms with E-state index < -0.39 is 0 Å². The zero-order valence-corrected chi connectivity index (χ0v) is 11.4. The van der Waals surface area contributed by atoms with Gasteiger partial charge in [0.05, 0.1) is 11.1 Å². The van der Waals surface area contributed by atoms with E-state index in [0.717, 1.165) is 42.1 Å². The number of nitrogens with zero attached hydrogens (tertiary/aromatic N) is 1. The van der Waals surface area contributed by atoms with Gasteiger partial charge in [-0.25, -0.2) is 0 Å². The van der Waals surface area contributed by atoms with Gasteiger partial charge in [0, 0.05) is 24.3 Å². The minimum Gasteiger partial charge on any atom is -0.329 e. The van der Waals surface area contributed by atoms with Crippen LogP contribution in [0.25, 0.3) is 10.8 Å². The molecule has 104 valence electrons. The Bertz CT molecular complexity index is 627. The largest absolute Gasteiger partial charge is 0.329 e. The molecule has 0 saturated heterocycles. The predicted molar refractivity (Wildman–Crippen MR) is 80.3 cm³/mol. The van der Waals surface area contributed by atoms with E-state index in [1.165, 1.54) is 0 Å². The molecule has 1 saturated carbocycles. The van der Waals surface area contributed by atoms with Gasteiger partial charge >= 0.3 is 0 Å². The first-order valence-corrected chi connectivity index (χ1v) is 7.09. The maximum Gasteiger partial charge on any atom is 0.231 e. The number of nitrogens with two attached hydrogens (primary N) is 1. The number of aromatic nitrogens is 1. The number of nitrogens with one attached hydrogen (secondary N) is 1. The lowest BCUT2D eigenvalue weighted by Gasteiger charge is -2.26. The molecule has 3 rings (SSSR count). The summed E-state index contributed by atoms with van der Waals surface area (Å²) in [5, 5.41) is 5.10. The van der Waals surface area contributed by atoms with Crippen molar-refractivity contribution in [2.24, 2.45) is 11.1 Å². The van der Waals surface area contributed by atoms with E-state index >= 15 is 0 Å². The van der Waals surface area contributed by atoms with Crippen molar-refractivity contribution in [3.05, 3.63) is 36.7 Å². The van der Waals surface area contributed by atoms with Crippen LogP contribution in [0, 0.1) is 5.41 Å². The molecule has 3 N–H and O–H groups in total. The summed E-state index contributed by atoms with van der Waals surface area (Å²) in [4.78, 5) is 16.7. The number of anilines is 1. The number of amides is 1. The Labute approximate surface area is 118 Å². The molecule has 1 fully saturated rings. The number of benzene rings is 1. The summed E-state index contributed by atoms with van der Waals surface area (Å²) in [6.07, 6.45) is 7.49. The smallest absolute Gasteiger partial charge is 0.231 e. The Morgan fingerprint density at radius 3 is 2.85 bits per heavy atom. The monoisotopic (exact) mass is 269 g/mol. The molecular formula is C16H19N3O. The molecule has 4 nitrogen and oxygen atoms in total. The SMILES string of the molecule is NCC1(C(=O)Nc2cccc3ccncc23)CCCC1. The normalized spacial score (nSPS) is 17.2. The third-order valence-corrected chi connectivity index (χ3v) is 4.36. The van der Waals surface area contributed by atoms with Crippen LogP contribution in [0.5, 0.6) is 0 Å². The van der Waals surface area contributed by atoms with Crippen LogP contribution >= 0.6 is 0 Å². The van der Waals surface area contributed by atoms with Crippen LogP contribution in [0.3, 0.4) is 0 Å². The average molecular weight is 269 g/mol. The molecule has 1 aliphatic carbocycles. The van der Waals surface area contributed by atoms with Crippen molar-refractivity contribution in [2.75, 3.05) is 11.9 Å². The number of fused-ring (bicyclic) bond motifs is 1. The molecule has 1 aromatic heterocycles. The Hall–Kier alpha value is -1.94. The highest BCUT2D eigenvalue weighted by Crippen LogP contribution is 2.38. The zero-order valence-electron chi connectivity index (χ0n) is 11.4. The average Bonchev–Trinajstić information content (AvgIpc) is 2.98. The van der Waals surface area contributed by atoms with Gasteiger partial charge in [-0.3, -0.25) is 9.78 Å². The van der Waals surface area contributed by atoms with E-state index in [1.807, 2.05) is 24.3 Å². The minimum atomic E-state index is -0.385. The number of pyridine rings is 1. The topological polar surface area (TPSA) is 68.0 Å². The quantitative estimate of drug-likeness (QED) is 0.900. The van der Waals surface area contributed by atoms with Gasteiger partial charge in [0.15, 0.2) is 0 Å². The molecule has 1 aliphatic rings. The minimum absolute atomic E-state index is 0.0499. The van der Waals surface area contributed by atoms with Crippen LogP contribution in [0.4, 0.5) is 5.69 Å². The highest BCUT2D eigenvalue weighted by molar-refractivity contribution is 6.03. The molecule has 0 bridgehead atoms. The number of hydrogen-bond acceptors (Lipinski definition) is 3. The molecule has 0 aliphatic heterocycles. The Morgan fingerprint density at radius 2 is 2.10 bits per heavy atom. The van der Waals surface area contributed by atoms with E-state index in [-0.39, 0.29) is 11.3 Å². The van der Waals surface area contributed by atoms with Gasteiger partial charge in [0.1, 0.15) is 0 Å². The zero-order chi connectivity index (χ0) is 14.0. The lowest BCUT2D eigenvalue weighted by atomic mass is 9.85. The van der Waals surface area contributed by atoms with Gasteiger partial charge in [-0.2, -0.15) is 0 Å². The molecule has 2 aromatic rings. The van der Waals surface area contributed by atoms with Gasteiger partial charge < -0.3 is 11.1 Å². The third kappa shape index (κ3) is 2.16. The fourth-order valence-corrected chi connectivity index (χ4v) is 3.05. The van der Waals surface area contributed by atoms with Crippen LogP contribution in [0.1, 0.15) is 25.7 Å². The standard InChI is InChI=1S/C16H19N3O/c17-11-16(7-1-2-8-16)15(20)19-14-5-3-4-12-6-9-18-10-13(12)14/h3-6,9-10H,1-2,7-8,11,17H2,(H,19,20). The molecule has 1 heterocycles. The molecule has 1 amide bonds. The second-order valence-corrected chi connectivity index (χ2v) is 5.55. The van der Waals surface area contributed by atoms with Crippen LogP contribution in [0.15, 0.2) is 36.7 Å². The summed E-state index contributed by atoms with van der Waals surface area (Å²) in [6, 6.07) is 7.82. The second-order valence-electron chi connectivity index (χ2n) is 5.55. The van der Waals surface area contributed by atoms with Crippen molar-refractivity contribution in [3.63, 3.8) is 0 Å². The van der Waals surface area contributed by atoms with E-state index in [9.17, 15) is 4.79 Å². The van der Waals surface area contributed by atoms with Crippen molar-refractivity contribution in [3.8, 4) is 0 Å². The van der Waals surface area contributed by atoms with E-state index in [0.29, 0.717) is 6.54 Å². The first-order valence-electron chi connectivity index (χ1n) is 7.09. The van der Waals surface area contributed by atoms with Crippen molar-refractivity contribution >= 4 is 22.4 Å². The first-order chi connectivity index (χ1) is 9.75. The Morgan fingerprint density at radius 1 is 1.30 bits per heavy atom. The number of rotatable bonds is 3. The fourth-order valence-electron chi connectivity index (χ4n) is 3.05. The predicted octanol–water partition coefficient (Wildman–Crippen LogP) is 2.69. The van der Waals surface area contributed by atoms with Gasteiger partial charge in [-0.15, -0.1) is 0 Å². The van der Waals surface area contributed by atoms with Crippen molar-refractivity contribution < 1.29 is 4.79 Å². The maximum absolute atomic E-state index is 12.6. The summed E-state index contributed by atoms with van der Waals surface area (Å²) in [5.41, 5.74) is 6.30. The van der Waals surface area contributed by atoms with Crippen LogP contribution in [0.2, 0.25) is 0 Å². The number of hydrogen-bond donors (Lipinski definition) is 2. The first kappa shape index (κ1) is 13.1. The Kier molecular flexibility index (Phi) is 3.40. The van der Waals surface area contributed by atoms with Gasteiger partial charge in [0.2, 0.25) is 5.91 Å². The van der Waals surface area contributed by atoms with Crippen LogP contribution in [-0.2, 0) is 4.79 Å². The maximum atomic E-state index is 12.6. The van der Waals surface area contributed by atoms with E-state index in [1.54, 1.807) is 12.4 Å². The molecule has 1 aromatic carbocycles. The molecular weight excluding hydrogens is 250 g/mol. The van der Waals surface area contributed by atoms with Gasteiger partial charge in [-0.05, 0) is 30.4 Å². The van der Waals surface area contributed by atoms with Crippen LogP contribution < -0.4 is 11.1 Å². The fraction of sp³-hybridized carbons (Fsp3) is 0.375. The lowest BCUT2D eigenvalue weighted by molar-refractivity contribution is -0.124. The molecule has 0 atom stereocenters. The van der Waals surface area contributed by atoms with Crippen molar-refractivity contribution in [1.82, 2.24) is 4.98 Å². The second kappa shape index (κ2) is 5.21. The molecule has 0 unspecified atom stereocenters. The van der Waals surface area contributed by atoms with Crippen molar-refractivity contribution in [2.45, 2.75) is 25.7 Å². The third-order valence-electron chi connectivity index (χ3n) is 4.36. The van der Waals surface area contributed by atoms with Crippen LogP contribution in [-0.4, -0.2) is 17.4 Å². The molecule has 20 heavy (non-hydrogen) atoms. The van der Waals surface area contributed by atoms with Crippen molar-refractivity contribution in [1.29, 1.82) is 0 Å². The Balaban J connectivity index is 1.91. The highest BCUT2D eigenvalue weighted by Gasteiger charge is 2.39. The summed E-state index contributed by atoms with van der Waals surface area (Å²) in [5.74, 6) is 0.0499. The van der Waals surface area contributed by atoms with Gasteiger partial charge in [0.25, 0.3) is 0 Å². The highest BCUT2D eigenvalue weighted by atomic mass is 16.2. The summed E-state index contributed by atoms with van der Waals surface area (Å²) < 4.78 is 0. The molecule has 4 heteroatoms. The summed E-state index contributed by atoms with van der Waals surface area (Å²) >= 11 is 0. The number of carbonyl (C=O) groups is 1. The molecule has 0 radical (unpaired) electrons. The molecule has 0 spiro atoms. The van der Waals surface area contributed by atoms with E-state index in [4.69, 9.17) is 5.73 Å². The summed E-state index contributed by atoms with van der Waals surface area (Å²) in [7, 11) is 0. The van der Waals surface area contributed by atoms with Gasteiger partial charge in [-0.1, -0.05) is 25.0 Å². The number of carbonyl (C=O) groups excluding carboxylic acids is 1. The van der Waals surface area contributed by atoms with E-state index in [2.05, 4.69) is 10.3 Å². The summed E-state index contributed by atoms with van der Waals surface area (Å²) in [6.45, 7) is 0.419. The lowest BCUT2D eigenvalue weighted by Crippen LogP contribution is -2.40.